The predicted octanol–water partition coefficient (Wildman–Crippen LogP) is 3.32. The molecule has 0 bridgehead atoms. The summed E-state index contributed by atoms with van der Waals surface area (Å²) >= 11 is 5.12. The molecule has 1 amide bonds. The van der Waals surface area contributed by atoms with Gasteiger partial charge in [0.2, 0.25) is 0 Å². The quantitative estimate of drug-likeness (QED) is 0.674. The fourth-order valence-corrected chi connectivity index (χ4v) is 2.07. The van der Waals surface area contributed by atoms with Gasteiger partial charge >= 0.3 is 0 Å². The van der Waals surface area contributed by atoms with Crippen molar-refractivity contribution < 1.29 is 9.59 Å². The van der Waals surface area contributed by atoms with E-state index in [1.807, 2.05) is 19.1 Å². The van der Waals surface area contributed by atoms with Gasteiger partial charge in [-0.05, 0) is 50.3 Å². The molecule has 112 valence electrons. The number of rotatable bonds is 3. The molecule has 0 atom stereocenters. The van der Waals surface area contributed by atoms with Gasteiger partial charge in [0.25, 0.3) is 5.91 Å². The molecule has 0 fully saturated rings. The average molecular weight is 312 g/mol. The van der Waals surface area contributed by atoms with Crippen molar-refractivity contribution in [3.8, 4) is 0 Å². The second-order valence-electron chi connectivity index (χ2n) is 4.91. The standard InChI is InChI=1S/C17H16N2O2S/c1-11-6-8-13(9-7-11)16(21)19-17(22)18-15-5-3-4-14(10-15)12(2)20/h3-10H,1-2H3,(H2,18,19,21,22). The molecule has 0 heterocycles. The van der Waals surface area contributed by atoms with Crippen LogP contribution in [0, 0.1) is 6.92 Å². The molecule has 0 saturated heterocycles. The molecular weight excluding hydrogens is 296 g/mol. The van der Waals surface area contributed by atoms with Gasteiger partial charge in [-0.3, -0.25) is 14.9 Å². The van der Waals surface area contributed by atoms with E-state index in [0.29, 0.717) is 16.8 Å². The van der Waals surface area contributed by atoms with Crippen LogP contribution in [0.25, 0.3) is 0 Å². The lowest BCUT2D eigenvalue weighted by molar-refractivity contribution is 0.0975. The summed E-state index contributed by atoms with van der Waals surface area (Å²) < 4.78 is 0. The van der Waals surface area contributed by atoms with E-state index in [2.05, 4.69) is 10.6 Å². The number of benzene rings is 2. The number of carbonyl (C=O) groups is 2. The van der Waals surface area contributed by atoms with Crippen LogP contribution in [0.2, 0.25) is 0 Å². The molecule has 2 N–H and O–H groups in total. The lowest BCUT2D eigenvalue weighted by Crippen LogP contribution is -2.34. The van der Waals surface area contributed by atoms with Crippen molar-refractivity contribution >= 4 is 34.7 Å². The van der Waals surface area contributed by atoms with Crippen LogP contribution >= 0.6 is 12.2 Å². The van der Waals surface area contributed by atoms with Crippen LogP contribution in [0.4, 0.5) is 5.69 Å². The highest BCUT2D eigenvalue weighted by Crippen LogP contribution is 2.11. The third-order valence-corrected chi connectivity index (χ3v) is 3.27. The number of nitrogens with one attached hydrogen (secondary N) is 2. The number of carbonyl (C=O) groups excluding carboxylic acids is 2. The monoisotopic (exact) mass is 312 g/mol. The van der Waals surface area contributed by atoms with Crippen LogP contribution in [0.15, 0.2) is 48.5 Å². The van der Waals surface area contributed by atoms with Gasteiger partial charge < -0.3 is 5.32 Å². The van der Waals surface area contributed by atoms with E-state index < -0.39 is 0 Å². The van der Waals surface area contributed by atoms with Gasteiger partial charge in [-0.25, -0.2) is 0 Å². The van der Waals surface area contributed by atoms with Crippen molar-refractivity contribution in [3.05, 3.63) is 65.2 Å². The number of hydrogen-bond acceptors (Lipinski definition) is 3. The zero-order valence-electron chi connectivity index (χ0n) is 12.3. The molecule has 22 heavy (non-hydrogen) atoms. The van der Waals surface area contributed by atoms with E-state index in [1.54, 1.807) is 36.4 Å². The molecule has 0 aliphatic rings. The Morgan fingerprint density at radius 1 is 1.00 bits per heavy atom. The second kappa shape index (κ2) is 6.95. The summed E-state index contributed by atoms with van der Waals surface area (Å²) in [6.45, 7) is 3.45. The zero-order valence-corrected chi connectivity index (χ0v) is 13.2. The first-order valence-electron chi connectivity index (χ1n) is 6.76. The first kappa shape index (κ1) is 15.9. The number of aryl methyl sites for hydroxylation is 1. The number of hydrogen-bond donors (Lipinski definition) is 2. The van der Waals surface area contributed by atoms with Crippen LogP contribution in [-0.4, -0.2) is 16.8 Å². The molecule has 0 saturated carbocycles. The molecule has 0 aromatic heterocycles. The van der Waals surface area contributed by atoms with Crippen molar-refractivity contribution in [2.24, 2.45) is 0 Å². The van der Waals surface area contributed by atoms with Crippen molar-refractivity contribution in [1.29, 1.82) is 0 Å². The van der Waals surface area contributed by atoms with Crippen molar-refractivity contribution in [1.82, 2.24) is 5.32 Å². The highest BCUT2D eigenvalue weighted by atomic mass is 32.1. The van der Waals surface area contributed by atoms with Gasteiger partial charge in [0.1, 0.15) is 0 Å². The molecule has 5 heteroatoms. The molecule has 2 rings (SSSR count). The summed E-state index contributed by atoms with van der Waals surface area (Å²) in [7, 11) is 0. The first-order chi connectivity index (χ1) is 10.5. The fourth-order valence-electron chi connectivity index (χ4n) is 1.86. The Kier molecular flexibility index (Phi) is 5.01. The van der Waals surface area contributed by atoms with Gasteiger partial charge in [-0.2, -0.15) is 0 Å². The predicted molar refractivity (Wildman–Crippen MR) is 91.3 cm³/mol. The molecule has 0 spiro atoms. The zero-order chi connectivity index (χ0) is 16.1. The lowest BCUT2D eigenvalue weighted by Gasteiger charge is -2.10. The van der Waals surface area contributed by atoms with E-state index in [1.165, 1.54) is 6.92 Å². The minimum Gasteiger partial charge on any atom is -0.332 e. The van der Waals surface area contributed by atoms with Crippen molar-refractivity contribution in [3.63, 3.8) is 0 Å². The first-order valence-corrected chi connectivity index (χ1v) is 7.16. The minimum absolute atomic E-state index is 0.0294. The lowest BCUT2D eigenvalue weighted by atomic mass is 10.1. The highest BCUT2D eigenvalue weighted by Gasteiger charge is 2.08. The molecule has 0 aliphatic heterocycles. The van der Waals surface area contributed by atoms with Crippen LogP contribution < -0.4 is 10.6 Å². The van der Waals surface area contributed by atoms with Gasteiger partial charge in [0.15, 0.2) is 10.9 Å². The Balaban J connectivity index is 2.01. The largest absolute Gasteiger partial charge is 0.332 e. The van der Waals surface area contributed by atoms with Gasteiger partial charge in [-0.15, -0.1) is 0 Å². The maximum absolute atomic E-state index is 12.0. The molecule has 0 radical (unpaired) electrons. The summed E-state index contributed by atoms with van der Waals surface area (Å²) in [6, 6.07) is 14.1. The fraction of sp³-hybridized carbons (Fsp3) is 0.118. The minimum atomic E-state index is -0.278. The van der Waals surface area contributed by atoms with E-state index in [9.17, 15) is 9.59 Å². The number of amides is 1. The smallest absolute Gasteiger partial charge is 0.257 e. The number of ketones is 1. The highest BCUT2D eigenvalue weighted by molar-refractivity contribution is 7.80. The van der Waals surface area contributed by atoms with Crippen LogP contribution in [0.3, 0.4) is 0 Å². The van der Waals surface area contributed by atoms with Gasteiger partial charge in [-0.1, -0.05) is 29.8 Å². The van der Waals surface area contributed by atoms with Crippen LogP contribution in [0.1, 0.15) is 33.2 Å². The summed E-state index contributed by atoms with van der Waals surface area (Å²) in [6.07, 6.45) is 0. The van der Waals surface area contributed by atoms with Gasteiger partial charge in [0.05, 0.1) is 0 Å². The van der Waals surface area contributed by atoms with Crippen molar-refractivity contribution in [2.75, 3.05) is 5.32 Å². The molecule has 4 nitrogen and oxygen atoms in total. The number of anilines is 1. The third-order valence-electron chi connectivity index (χ3n) is 3.07. The Labute approximate surface area is 134 Å². The topological polar surface area (TPSA) is 58.2 Å². The van der Waals surface area contributed by atoms with E-state index in [-0.39, 0.29) is 16.8 Å². The second-order valence-corrected chi connectivity index (χ2v) is 5.32. The molecule has 2 aromatic carbocycles. The number of Topliss-reactive ketones (excluding diaryl/α,β-unsaturated/α-hetero) is 1. The average Bonchev–Trinajstić information content (AvgIpc) is 2.47. The Morgan fingerprint density at radius 3 is 2.32 bits per heavy atom. The molecular formula is C17H16N2O2S. The van der Waals surface area contributed by atoms with Crippen LogP contribution in [-0.2, 0) is 0 Å². The third kappa shape index (κ3) is 4.23. The summed E-state index contributed by atoms with van der Waals surface area (Å²) in [4.78, 5) is 23.4. The maximum Gasteiger partial charge on any atom is 0.257 e. The molecule has 0 aliphatic carbocycles. The summed E-state index contributed by atoms with van der Waals surface area (Å²) in [5, 5.41) is 5.69. The normalized spacial score (nSPS) is 9.91. The Bertz CT molecular complexity index is 724. The van der Waals surface area contributed by atoms with Gasteiger partial charge in [0, 0.05) is 16.8 Å². The number of thiocarbonyl (C=S) groups is 1. The molecule has 2 aromatic rings. The van der Waals surface area contributed by atoms with E-state index in [4.69, 9.17) is 12.2 Å². The van der Waals surface area contributed by atoms with Crippen LogP contribution in [0.5, 0.6) is 0 Å². The summed E-state index contributed by atoms with van der Waals surface area (Å²) in [5.74, 6) is -0.307. The van der Waals surface area contributed by atoms with Crippen molar-refractivity contribution in [2.45, 2.75) is 13.8 Å². The maximum atomic E-state index is 12.0. The molecule has 0 unspecified atom stereocenters. The SMILES string of the molecule is CC(=O)c1cccc(NC(=S)NC(=O)c2ccc(C)cc2)c1. The van der Waals surface area contributed by atoms with E-state index in [0.717, 1.165) is 5.56 Å². The Morgan fingerprint density at radius 2 is 1.68 bits per heavy atom. The van der Waals surface area contributed by atoms with E-state index >= 15 is 0 Å². The Hall–Kier alpha value is -2.53. The summed E-state index contributed by atoms with van der Waals surface area (Å²) in [5.41, 5.74) is 2.85.